The van der Waals surface area contributed by atoms with Gasteiger partial charge in [0, 0.05) is 12.8 Å². The molecule has 0 aliphatic rings. The van der Waals surface area contributed by atoms with E-state index in [0.29, 0.717) is 29.4 Å². The Morgan fingerprint density at radius 2 is 1.05 bits per heavy atom. The lowest BCUT2D eigenvalue weighted by Gasteiger charge is -2.20. The molecular formula is C42H62O2. The number of hydrogen-bond donors (Lipinski definition) is 0. The largest absolute Gasteiger partial charge is 0.427 e. The Labute approximate surface area is 272 Å². The van der Waals surface area contributed by atoms with Crippen molar-refractivity contribution in [3.05, 3.63) is 101 Å². The average Bonchev–Trinajstić information content (AvgIpc) is 3.04. The molecule has 0 aromatic heterocycles. The highest BCUT2D eigenvalue weighted by molar-refractivity contribution is 5.69. The molecule has 0 spiro atoms. The van der Waals surface area contributed by atoms with Gasteiger partial charge in [0.2, 0.25) is 0 Å². The van der Waals surface area contributed by atoms with Crippen LogP contribution in [0.15, 0.2) is 78.9 Å². The zero-order valence-electron chi connectivity index (χ0n) is 30.0. The van der Waals surface area contributed by atoms with Gasteiger partial charge in [-0.15, -0.1) is 12.3 Å². The van der Waals surface area contributed by atoms with Crippen molar-refractivity contribution in [3.63, 3.8) is 0 Å². The van der Waals surface area contributed by atoms with Gasteiger partial charge in [0.1, 0.15) is 5.75 Å². The van der Waals surface area contributed by atoms with Gasteiger partial charge in [-0.3, -0.25) is 4.79 Å². The van der Waals surface area contributed by atoms with Gasteiger partial charge in [-0.05, 0) is 83.2 Å². The third-order valence-electron chi connectivity index (χ3n) is 8.16. The summed E-state index contributed by atoms with van der Waals surface area (Å²) in [5, 5.41) is 0. The molecule has 4 unspecified atom stereocenters. The van der Waals surface area contributed by atoms with Gasteiger partial charge in [0.05, 0.1) is 0 Å². The third-order valence-corrected chi connectivity index (χ3v) is 8.16. The van der Waals surface area contributed by atoms with Crippen LogP contribution in [0.1, 0.15) is 149 Å². The molecule has 0 heterocycles. The van der Waals surface area contributed by atoms with Crippen molar-refractivity contribution in [2.75, 3.05) is 0 Å². The summed E-state index contributed by atoms with van der Waals surface area (Å²) < 4.78 is 4.94. The van der Waals surface area contributed by atoms with E-state index in [2.05, 4.69) is 130 Å². The second-order valence-corrected chi connectivity index (χ2v) is 12.8. The molecule has 2 heteroatoms. The third kappa shape index (κ3) is 17.1. The van der Waals surface area contributed by atoms with Crippen molar-refractivity contribution in [1.29, 1.82) is 0 Å². The van der Waals surface area contributed by atoms with Crippen molar-refractivity contribution in [3.8, 4) is 18.1 Å². The van der Waals surface area contributed by atoms with E-state index >= 15 is 0 Å². The van der Waals surface area contributed by atoms with Crippen LogP contribution in [-0.4, -0.2) is 5.97 Å². The summed E-state index contributed by atoms with van der Waals surface area (Å²) in [5.74, 6) is 5.37. The first-order valence-electron chi connectivity index (χ1n) is 16.6. The van der Waals surface area contributed by atoms with E-state index < -0.39 is 0 Å². The number of benzene rings is 3. The molecule has 4 atom stereocenters. The van der Waals surface area contributed by atoms with E-state index in [0.717, 1.165) is 12.8 Å². The van der Waals surface area contributed by atoms with E-state index in [9.17, 15) is 4.79 Å². The smallest absolute Gasteiger partial charge is 0.308 e. The van der Waals surface area contributed by atoms with E-state index in [4.69, 9.17) is 11.2 Å². The maximum atomic E-state index is 10.7. The number of carbonyl (C=O) groups excluding carboxylic acids is 1. The SMILES string of the molecule is C#CC(C)CC.CCC(C)c1ccc(C(C)(C)C)cc1.CCC(C)c1ccc(OC(C)=O)cc1.CCC(C)c1ccccc1. The predicted octanol–water partition coefficient (Wildman–Crippen LogP) is 12.5. The maximum absolute atomic E-state index is 10.7. The number of ether oxygens (including phenoxy) is 1. The van der Waals surface area contributed by atoms with Crippen molar-refractivity contribution in [1.82, 2.24) is 0 Å². The first-order chi connectivity index (χ1) is 20.7. The lowest BCUT2D eigenvalue weighted by atomic mass is 9.85. The highest BCUT2D eigenvalue weighted by Crippen LogP contribution is 2.25. The highest BCUT2D eigenvalue weighted by atomic mass is 16.5. The van der Waals surface area contributed by atoms with Crippen LogP contribution < -0.4 is 4.74 Å². The average molecular weight is 599 g/mol. The zero-order chi connectivity index (χ0) is 33.7. The van der Waals surface area contributed by atoms with Crippen LogP contribution in [0.3, 0.4) is 0 Å². The van der Waals surface area contributed by atoms with E-state index in [1.165, 1.54) is 42.0 Å². The van der Waals surface area contributed by atoms with Crippen LogP contribution in [0, 0.1) is 18.3 Å². The second kappa shape index (κ2) is 22.2. The summed E-state index contributed by atoms with van der Waals surface area (Å²) >= 11 is 0. The Morgan fingerprint density at radius 3 is 1.34 bits per heavy atom. The topological polar surface area (TPSA) is 26.3 Å². The molecule has 0 bridgehead atoms. The highest BCUT2D eigenvalue weighted by Gasteiger charge is 2.13. The minimum Gasteiger partial charge on any atom is -0.427 e. The summed E-state index contributed by atoms with van der Waals surface area (Å²) in [5.41, 5.74) is 5.88. The summed E-state index contributed by atoms with van der Waals surface area (Å²) in [6, 6.07) is 27.4. The Morgan fingerprint density at radius 1 is 0.659 bits per heavy atom. The van der Waals surface area contributed by atoms with Crippen molar-refractivity contribution in [2.24, 2.45) is 5.92 Å². The van der Waals surface area contributed by atoms with E-state index in [1.54, 1.807) is 0 Å². The monoisotopic (exact) mass is 598 g/mol. The van der Waals surface area contributed by atoms with Crippen molar-refractivity contribution >= 4 is 5.97 Å². The van der Waals surface area contributed by atoms with Gasteiger partial charge in [0.15, 0.2) is 0 Å². The van der Waals surface area contributed by atoms with Crippen LogP contribution in [0.2, 0.25) is 0 Å². The van der Waals surface area contributed by atoms with Crippen LogP contribution >= 0.6 is 0 Å². The molecule has 44 heavy (non-hydrogen) atoms. The number of esters is 1. The van der Waals surface area contributed by atoms with Crippen LogP contribution in [0.25, 0.3) is 0 Å². The molecular weight excluding hydrogens is 536 g/mol. The summed E-state index contributed by atoms with van der Waals surface area (Å²) in [6.45, 7) is 25.6. The van der Waals surface area contributed by atoms with Crippen molar-refractivity contribution < 1.29 is 9.53 Å². The van der Waals surface area contributed by atoms with Gasteiger partial charge >= 0.3 is 5.97 Å². The molecule has 2 nitrogen and oxygen atoms in total. The molecule has 0 N–H and O–H groups in total. The molecule has 0 aliphatic heterocycles. The van der Waals surface area contributed by atoms with E-state index in [-0.39, 0.29) is 11.4 Å². The molecule has 0 radical (unpaired) electrons. The number of hydrogen-bond acceptors (Lipinski definition) is 2. The van der Waals surface area contributed by atoms with Crippen LogP contribution in [-0.2, 0) is 10.2 Å². The normalized spacial score (nSPS) is 13.1. The Kier molecular flexibility index (Phi) is 20.6. The fraction of sp³-hybridized carbons (Fsp3) is 0.500. The van der Waals surface area contributed by atoms with Gasteiger partial charge < -0.3 is 4.74 Å². The summed E-state index contributed by atoms with van der Waals surface area (Å²) in [6.07, 6.45) is 9.69. The fourth-order valence-electron chi connectivity index (χ4n) is 3.95. The van der Waals surface area contributed by atoms with Gasteiger partial charge in [0.25, 0.3) is 0 Å². The molecule has 3 aromatic carbocycles. The lowest BCUT2D eigenvalue weighted by molar-refractivity contribution is -0.131. The Bertz CT molecular complexity index is 1180. The standard InChI is InChI=1S/C14H22.C12H16O2.C10H14.C6H10/c1-6-11(2)12-7-9-13(10-8-12)14(3,4)5;1-4-9(2)11-5-7-12(8-6-11)14-10(3)13;1-3-9(2)10-7-5-4-6-8-10;1-4-6(3)5-2/h7-11H,6H2,1-5H3;5-9H,4H2,1-3H3;4-9H,3H2,1-2H3;1,6H,5H2,2-3H3. The van der Waals surface area contributed by atoms with Gasteiger partial charge in [-0.25, -0.2) is 0 Å². The summed E-state index contributed by atoms with van der Waals surface area (Å²) in [7, 11) is 0. The number of terminal acetylenes is 1. The molecule has 0 saturated heterocycles. The first kappa shape index (κ1) is 40.7. The number of rotatable bonds is 8. The van der Waals surface area contributed by atoms with Crippen LogP contribution in [0.4, 0.5) is 0 Å². The van der Waals surface area contributed by atoms with Gasteiger partial charge in [-0.2, -0.15) is 0 Å². The molecule has 242 valence electrons. The molecule has 0 fully saturated rings. The fourth-order valence-corrected chi connectivity index (χ4v) is 3.95. The number of carbonyl (C=O) groups is 1. The summed E-state index contributed by atoms with van der Waals surface area (Å²) in [4.78, 5) is 10.7. The second-order valence-electron chi connectivity index (χ2n) is 12.8. The maximum Gasteiger partial charge on any atom is 0.308 e. The molecule has 3 aromatic rings. The zero-order valence-corrected chi connectivity index (χ0v) is 30.0. The first-order valence-corrected chi connectivity index (χ1v) is 16.6. The lowest BCUT2D eigenvalue weighted by Crippen LogP contribution is -2.10. The van der Waals surface area contributed by atoms with E-state index in [1.807, 2.05) is 31.2 Å². The molecule has 0 saturated carbocycles. The molecule has 0 aliphatic carbocycles. The Hall–Kier alpha value is -3.31. The predicted molar refractivity (Wildman–Crippen MR) is 194 cm³/mol. The molecule has 3 rings (SSSR count). The Balaban J connectivity index is 0.000000584. The van der Waals surface area contributed by atoms with Gasteiger partial charge in [-0.1, -0.05) is 143 Å². The van der Waals surface area contributed by atoms with Crippen LogP contribution in [0.5, 0.6) is 5.75 Å². The molecule has 0 amide bonds. The minimum absolute atomic E-state index is 0.272. The van der Waals surface area contributed by atoms with Crippen molar-refractivity contribution in [2.45, 2.75) is 132 Å². The minimum atomic E-state index is -0.277. The quantitative estimate of drug-likeness (QED) is 0.146.